The van der Waals surface area contributed by atoms with E-state index in [2.05, 4.69) is 6.92 Å². The molecule has 0 aliphatic heterocycles. The summed E-state index contributed by atoms with van der Waals surface area (Å²) >= 11 is 0. The second kappa shape index (κ2) is 3.93. The van der Waals surface area contributed by atoms with Gasteiger partial charge >= 0.3 is 0 Å². The van der Waals surface area contributed by atoms with Gasteiger partial charge < -0.3 is 5.73 Å². The van der Waals surface area contributed by atoms with Crippen LogP contribution in [0.4, 0.5) is 4.39 Å². The van der Waals surface area contributed by atoms with Crippen LogP contribution in [-0.2, 0) is 5.54 Å². The molecule has 1 aliphatic rings. The van der Waals surface area contributed by atoms with Crippen molar-refractivity contribution in [1.82, 2.24) is 0 Å². The Balaban J connectivity index is 2.27. The van der Waals surface area contributed by atoms with Crippen molar-refractivity contribution in [2.45, 2.75) is 38.1 Å². The number of rotatable bonds is 2. The molecule has 1 aromatic carbocycles. The molecule has 0 aromatic heterocycles. The van der Waals surface area contributed by atoms with Gasteiger partial charge in [0.25, 0.3) is 0 Å². The predicted octanol–water partition coefficient (Wildman–Crippen LogP) is 3.19. The van der Waals surface area contributed by atoms with Crippen molar-refractivity contribution in [1.29, 1.82) is 0 Å². The largest absolute Gasteiger partial charge is 0.321 e. The van der Waals surface area contributed by atoms with Crippen molar-refractivity contribution in [3.8, 4) is 0 Å². The average Bonchev–Trinajstić information content (AvgIpc) is 2.62. The maximum atomic E-state index is 13.6. The third kappa shape index (κ3) is 1.91. The van der Waals surface area contributed by atoms with E-state index in [1.165, 1.54) is 6.07 Å². The third-order valence-corrected chi connectivity index (χ3v) is 3.64. The highest BCUT2D eigenvalue weighted by Crippen LogP contribution is 2.42. The number of benzene rings is 1. The van der Waals surface area contributed by atoms with Crippen LogP contribution >= 0.6 is 0 Å². The van der Waals surface area contributed by atoms with Crippen LogP contribution < -0.4 is 5.73 Å². The highest BCUT2D eigenvalue weighted by atomic mass is 19.1. The van der Waals surface area contributed by atoms with Gasteiger partial charge in [-0.3, -0.25) is 0 Å². The summed E-state index contributed by atoms with van der Waals surface area (Å²) in [7, 11) is 0. The molecule has 1 nitrogen and oxygen atoms in total. The zero-order chi connectivity index (χ0) is 10.9. The van der Waals surface area contributed by atoms with Crippen LogP contribution in [0.15, 0.2) is 24.3 Å². The Morgan fingerprint density at radius 1 is 1.47 bits per heavy atom. The molecular formula is C13H18FN. The third-order valence-electron chi connectivity index (χ3n) is 3.64. The predicted molar refractivity (Wildman–Crippen MR) is 59.9 cm³/mol. The van der Waals surface area contributed by atoms with E-state index in [1.807, 2.05) is 12.1 Å². The van der Waals surface area contributed by atoms with Gasteiger partial charge in [0.15, 0.2) is 0 Å². The first-order valence-corrected chi connectivity index (χ1v) is 5.69. The zero-order valence-corrected chi connectivity index (χ0v) is 9.17. The van der Waals surface area contributed by atoms with Crippen LogP contribution in [-0.4, -0.2) is 0 Å². The first kappa shape index (κ1) is 10.6. The molecule has 2 rings (SSSR count). The summed E-state index contributed by atoms with van der Waals surface area (Å²) in [6.45, 7) is 2.18. The van der Waals surface area contributed by atoms with E-state index in [-0.39, 0.29) is 5.82 Å². The van der Waals surface area contributed by atoms with Crippen molar-refractivity contribution < 1.29 is 4.39 Å². The second-order valence-corrected chi connectivity index (χ2v) is 4.65. The molecule has 15 heavy (non-hydrogen) atoms. The van der Waals surface area contributed by atoms with Crippen molar-refractivity contribution >= 4 is 0 Å². The monoisotopic (exact) mass is 207 g/mol. The van der Waals surface area contributed by atoms with E-state index in [4.69, 9.17) is 5.73 Å². The molecule has 82 valence electrons. The molecule has 0 saturated heterocycles. The van der Waals surface area contributed by atoms with Gasteiger partial charge in [-0.15, -0.1) is 0 Å². The van der Waals surface area contributed by atoms with Crippen LogP contribution in [0.25, 0.3) is 0 Å². The highest BCUT2D eigenvalue weighted by molar-refractivity contribution is 5.27. The van der Waals surface area contributed by atoms with E-state index < -0.39 is 5.54 Å². The van der Waals surface area contributed by atoms with Crippen LogP contribution in [0.1, 0.15) is 38.2 Å². The van der Waals surface area contributed by atoms with E-state index in [1.54, 1.807) is 6.07 Å². The lowest BCUT2D eigenvalue weighted by molar-refractivity contribution is 0.405. The molecule has 0 amide bonds. The Morgan fingerprint density at radius 2 is 2.20 bits per heavy atom. The van der Waals surface area contributed by atoms with Crippen molar-refractivity contribution in [2.75, 3.05) is 0 Å². The average molecular weight is 207 g/mol. The van der Waals surface area contributed by atoms with Crippen molar-refractivity contribution in [2.24, 2.45) is 11.7 Å². The molecule has 1 fully saturated rings. The maximum absolute atomic E-state index is 13.6. The van der Waals surface area contributed by atoms with Crippen LogP contribution in [0.3, 0.4) is 0 Å². The fourth-order valence-corrected chi connectivity index (χ4v) is 2.64. The van der Waals surface area contributed by atoms with Crippen LogP contribution in [0.2, 0.25) is 0 Å². The molecule has 1 aromatic rings. The maximum Gasteiger partial charge on any atom is 0.128 e. The van der Waals surface area contributed by atoms with E-state index >= 15 is 0 Å². The lowest BCUT2D eigenvalue weighted by atomic mass is 9.87. The van der Waals surface area contributed by atoms with Gasteiger partial charge in [0.1, 0.15) is 5.82 Å². The zero-order valence-electron chi connectivity index (χ0n) is 9.17. The van der Waals surface area contributed by atoms with Gasteiger partial charge in [-0.05, 0) is 31.2 Å². The summed E-state index contributed by atoms with van der Waals surface area (Å²) in [5, 5.41) is 0. The number of nitrogens with two attached hydrogens (primary N) is 1. The summed E-state index contributed by atoms with van der Waals surface area (Å²) in [5.41, 5.74) is 6.58. The molecule has 0 spiro atoms. The summed E-state index contributed by atoms with van der Waals surface area (Å²) in [6, 6.07) is 6.91. The normalized spacial score (nSPS) is 30.7. The van der Waals surface area contributed by atoms with Crippen molar-refractivity contribution in [3.05, 3.63) is 35.6 Å². The summed E-state index contributed by atoms with van der Waals surface area (Å²) < 4.78 is 13.6. The van der Waals surface area contributed by atoms with E-state index in [0.717, 1.165) is 25.7 Å². The van der Waals surface area contributed by atoms with E-state index in [9.17, 15) is 4.39 Å². The fourth-order valence-electron chi connectivity index (χ4n) is 2.64. The van der Waals surface area contributed by atoms with E-state index in [0.29, 0.717) is 11.5 Å². The fraction of sp³-hybridized carbons (Fsp3) is 0.538. The molecular weight excluding hydrogens is 189 g/mol. The van der Waals surface area contributed by atoms with Gasteiger partial charge in [0, 0.05) is 11.1 Å². The minimum atomic E-state index is -0.425. The molecule has 1 saturated carbocycles. The van der Waals surface area contributed by atoms with Gasteiger partial charge in [0.05, 0.1) is 0 Å². The Morgan fingerprint density at radius 3 is 2.80 bits per heavy atom. The molecule has 2 atom stereocenters. The first-order valence-electron chi connectivity index (χ1n) is 5.69. The van der Waals surface area contributed by atoms with Gasteiger partial charge in [0.2, 0.25) is 0 Å². The molecule has 0 bridgehead atoms. The standard InChI is InChI=1S/C13H18FN/c1-2-10-7-8-13(15,9-10)11-5-3-4-6-12(11)14/h3-6,10H,2,7-9,15H2,1H3. The van der Waals surface area contributed by atoms with Crippen molar-refractivity contribution in [3.63, 3.8) is 0 Å². The van der Waals surface area contributed by atoms with Gasteiger partial charge in [-0.25, -0.2) is 4.39 Å². The van der Waals surface area contributed by atoms with Crippen LogP contribution in [0, 0.1) is 11.7 Å². The molecule has 0 radical (unpaired) electrons. The van der Waals surface area contributed by atoms with Gasteiger partial charge in [-0.1, -0.05) is 31.5 Å². The smallest absolute Gasteiger partial charge is 0.128 e. The summed E-state index contributed by atoms with van der Waals surface area (Å²) in [5.74, 6) is 0.506. The highest BCUT2D eigenvalue weighted by Gasteiger charge is 2.37. The molecule has 2 N–H and O–H groups in total. The summed E-state index contributed by atoms with van der Waals surface area (Å²) in [4.78, 5) is 0. The SMILES string of the molecule is CCC1CCC(N)(c2ccccc2F)C1. The van der Waals surface area contributed by atoms with Crippen LogP contribution in [0.5, 0.6) is 0 Å². The minimum Gasteiger partial charge on any atom is -0.321 e. The minimum absolute atomic E-state index is 0.156. The molecule has 1 aliphatic carbocycles. The quantitative estimate of drug-likeness (QED) is 0.792. The Hall–Kier alpha value is -0.890. The Labute approximate surface area is 90.5 Å². The second-order valence-electron chi connectivity index (χ2n) is 4.65. The summed E-state index contributed by atoms with van der Waals surface area (Å²) in [6.07, 6.45) is 4.10. The number of halogens is 1. The van der Waals surface area contributed by atoms with Gasteiger partial charge in [-0.2, -0.15) is 0 Å². The number of hydrogen-bond donors (Lipinski definition) is 1. The first-order chi connectivity index (χ1) is 7.15. The number of hydrogen-bond acceptors (Lipinski definition) is 1. The molecule has 0 heterocycles. The Bertz CT molecular complexity index is 350. The lowest BCUT2D eigenvalue weighted by Crippen LogP contribution is -2.34. The lowest BCUT2D eigenvalue weighted by Gasteiger charge is -2.25. The molecule has 2 unspecified atom stereocenters. The molecule has 2 heteroatoms. The topological polar surface area (TPSA) is 26.0 Å². The Kier molecular flexibility index (Phi) is 2.79.